The van der Waals surface area contributed by atoms with E-state index >= 15 is 0 Å². The van der Waals surface area contributed by atoms with Gasteiger partial charge >= 0.3 is 0 Å². The van der Waals surface area contributed by atoms with Gasteiger partial charge in [0, 0.05) is 12.1 Å². The largest absolute Gasteiger partial charge is 0.384 e. The molecule has 15 heavy (non-hydrogen) atoms. The first-order valence-electron chi connectivity index (χ1n) is 4.26. The van der Waals surface area contributed by atoms with Crippen molar-refractivity contribution >= 4 is 23.2 Å². The molecule has 0 aliphatic carbocycles. The normalized spacial score (nSPS) is 10.2. The fourth-order valence-corrected chi connectivity index (χ4v) is 1.16. The van der Waals surface area contributed by atoms with Gasteiger partial charge in [0.15, 0.2) is 5.15 Å². The zero-order valence-corrected chi connectivity index (χ0v) is 8.49. The van der Waals surface area contributed by atoms with E-state index in [1.54, 1.807) is 18.3 Å². The molecule has 2 heterocycles. The molecule has 0 atom stereocenters. The van der Waals surface area contributed by atoms with E-state index in [4.69, 9.17) is 17.3 Å². The number of hydrogen-bond donors (Lipinski definition) is 3. The zero-order chi connectivity index (χ0) is 10.7. The molecule has 0 aliphatic heterocycles. The summed E-state index contributed by atoms with van der Waals surface area (Å²) in [5, 5.41) is 17.4. The molecular formula is C8H9ClN6. The fraction of sp³-hybridized carbons (Fsp3) is 0.125. The number of rotatable bonds is 3. The van der Waals surface area contributed by atoms with Crippen molar-refractivity contribution in [3.63, 3.8) is 0 Å². The van der Waals surface area contributed by atoms with Crippen LogP contribution in [0, 0.1) is 0 Å². The van der Waals surface area contributed by atoms with Crippen molar-refractivity contribution in [2.45, 2.75) is 6.54 Å². The molecule has 0 aromatic carbocycles. The second-order valence-electron chi connectivity index (χ2n) is 2.90. The Labute approximate surface area is 90.9 Å². The van der Waals surface area contributed by atoms with Crippen LogP contribution in [0.15, 0.2) is 18.3 Å². The maximum Gasteiger partial charge on any atom is 0.151 e. The third-order valence-corrected chi connectivity index (χ3v) is 2.04. The molecule has 7 heteroatoms. The molecular weight excluding hydrogens is 216 g/mol. The van der Waals surface area contributed by atoms with Gasteiger partial charge in [0.1, 0.15) is 11.6 Å². The maximum atomic E-state index is 5.61. The standard InChI is InChI=1S/C8H9ClN6/c9-6-1-2-7(14-13-6)11-3-5-4-12-15-8(5)10/h1-2,4H,3H2,(H,11,14)(H3,10,12,15). The van der Waals surface area contributed by atoms with Crippen LogP contribution in [-0.4, -0.2) is 20.4 Å². The number of H-pyrrole nitrogens is 1. The van der Waals surface area contributed by atoms with E-state index in [9.17, 15) is 0 Å². The number of aromatic amines is 1. The molecule has 2 aromatic heterocycles. The summed E-state index contributed by atoms with van der Waals surface area (Å²) in [6, 6.07) is 3.40. The van der Waals surface area contributed by atoms with Crippen LogP contribution in [0.3, 0.4) is 0 Å². The molecule has 78 valence electrons. The number of hydrogen-bond acceptors (Lipinski definition) is 5. The predicted molar refractivity (Wildman–Crippen MR) is 57.4 cm³/mol. The lowest BCUT2D eigenvalue weighted by Gasteiger charge is -2.02. The smallest absolute Gasteiger partial charge is 0.151 e. The van der Waals surface area contributed by atoms with Gasteiger partial charge in [-0.25, -0.2) is 0 Å². The van der Waals surface area contributed by atoms with E-state index in [2.05, 4.69) is 25.7 Å². The Balaban J connectivity index is 1.99. The number of nitrogens with two attached hydrogens (primary N) is 1. The zero-order valence-electron chi connectivity index (χ0n) is 7.74. The predicted octanol–water partition coefficient (Wildman–Crippen LogP) is 1.05. The lowest BCUT2D eigenvalue weighted by Crippen LogP contribution is -2.03. The number of nitrogens with one attached hydrogen (secondary N) is 2. The Kier molecular flexibility index (Phi) is 2.68. The molecule has 0 bridgehead atoms. The topological polar surface area (TPSA) is 92.5 Å². The highest BCUT2D eigenvalue weighted by Crippen LogP contribution is 2.10. The number of nitrogens with zero attached hydrogens (tertiary/aromatic N) is 3. The average Bonchev–Trinajstić information content (AvgIpc) is 2.63. The van der Waals surface area contributed by atoms with Crippen LogP contribution in [0.5, 0.6) is 0 Å². The van der Waals surface area contributed by atoms with Gasteiger partial charge in [-0.2, -0.15) is 5.10 Å². The molecule has 2 rings (SSSR count). The first kappa shape index (κ1) is 9.72. The van der Waals surface area contributed by atoms with E-state index in [0.29, 0.717) is 23.3 Å². The summed E-state index contributed by atoms with van der Waals surface area (Å²) in [7, 11) is 0. The summed E-state index contributed by atoms with van der Waals surface area (Å²) in [6.45, 7) is 0.540. The molecule has 0 saturated carbocycles. The Hall–Kier alpha value is -1.82. The second kappa shape index (κ2) is 4.14. The highest BCUT2D eigenvalue weighted by atomic mass is 35.5. The lowest BCUT2D eigenvalue weighted by atomic mass is 10.3. The van der Waals surface area contributed by atoms with Crippen molar-refractivity contribution in [2.75, 3.05) is 11.1 Å². The third-order valence-electron chi connectivity index (χ3n) is 1.84. The summed E-state index contributed by atoms with van der Waals surface area (Å²) in [4.78, 5) is 0. The molecule has 0 fully saturated rings. The summed E-state index contributed by atoms with van der Waals surface area (Å²) in [6.07, 6.45) is 1.66. The van der Waals surface area contributed by atoms with Gasteiger partial charge in [0.25, 0.3) is 0 Å². The Bertz CT molecular complexity index is 437. The number of aromatic nitrogens is 4. The van der Waals surface area contributed by atoms with Crippen LogP contribution < -0.4 is 11.1 Å². The molecule has 0 saturated heterocycles. The minimum Gasteiger partial charge on any atom is -0.384 e. The summed E-state index contributed by atoms with van der Waals surface area (Å²) >= 11 is 5.60. The SMILES string of the molecule is Nc1[nH]ncc1CNc1ccc(Cl)nn1. The molecule has 0 amide bonds. The van der Waals surface area contributed by atoms with Gasteiger partial charge in [0.05, 0.1) is 6.20 Å². The van der Waals surface area contributed by atoms with E-state index < -0.39 is 0 Å². The summed E-state index contributed by atoms with van der Waals surface area (Å²) in [5.41, 5.74) is 6.49. The summed E-state index contributed by atoms with van der Waals surface area (Å²) < 4.78 is 0. The highest BCUT2D eigenvalue weighted by molar-refractivity contribution is 6.29. The van der Waals surface area contributed by atoms with Crippen molar-refractivity contribution < 1.29 is 0 Å². The molecule has 2 aromatic rings. The molecule has 0 spiro atoms. The first-order valence-corrected chi connectivity index (χ1v) is 4.64. The lowest BCUT2D eigenvalue weighted by molar-refractivity contribution is 1.00. The highest BCUT2D eigenvalue weighted by Gasteiger charge is 2.01. The van der Waals surface area contributed by atoms with Crippen molar-refractivity contribution in [2.24, 2.45) is 0 Å². The second-order valence-corrected chi connectivity index (χ2v) is 3.29. The minimum atomic E-state index is 0.364. The number of anilines is 2. The molecule has 0 unspecified atom stereocenters. The van der Waals surface area contributed by atoms with Crippen LogP contribution >= 0.6 is 11.6 Å². The monoisotopic (exact) mass is 224 g/mol. The fourth-order valence-electron chi connectivity index (χ4n) is 1.06. The Morgan fingerprint density at radius 2 is 2.27 bits per heavy atom. The molecule has 0 radical (unpaired) electrons. The molecule has 4 N–H and O–H groups in total. The summed E-state index contributed by atoms with van der Waals surface area (Å²) in [5.74, 6) is 1.18. The number of halogens is 1. The molecule has 6 nitrogen and oxygen atoms in total. The third kappa shape index (κ3) is 2.35. The Morgan fingerprint density at radius 3 is 2.87 bits per heavy atom. The van der Waals surface area contributed by atoms with Gasteiger partial charge < -0.3 is 11.1 Å². The minimum absolute atomic E-state index is 0.364. The van der Waals surface area contributed by atoms with E-state index in [-0.39, 0.29) is 0 Å². The van der Waals surface area contributed by atoms with Crippen molar-refractivity contribution in [1.82, 2.24) is 20.4 Å². The first-order chi connectivity index (χ1) is 7.25. The van der Waals surface area contributed by atoms with Gasteiger partial charge in [0.2, 0.25) is 0 Å². The van der Waals surface area contributed by atoms with Crippen LogP contribution in [-0.2, 0) is 6.54 Å². The number of nitrogen functional groups attached to an aromatic ring is 1. The van der Waals surface area contributed by atoms with Gasteiger partial charge in [-0.1, -0.05) is 11.6 Å². The maximum absolute atomic E-state index is 5.61. The van der Waals surface area contributed by atoms with Crippen LogP contribution in [0.4, 0.5) is 11.6 Å². The van der Waals surface area contributed by atoms with Crippen molar-refractivity contribution in [3.05, 3.63) is 29.0 Å². The van der Waals surface area contributed by atoms with Crippen LogP contribution in [0.2, 0.25) is 5.15 Å². The van der Waals surface area contributed by atoms with Gasteiger partial charge in [-0.15, -0.1) is 10.2 Å². The van der Waals surface area contributed by atoms with E-state index in [0.717, 1.165) is 5.56 Å². The Morgan fingerprint density at radius 1 is 1.40 bits per heavy atom. The van der Waals surface area contributed by atoms with Crippen molar-refractivity contribution in [3.8, 4) is 0 Å². The van der Waals surface area contributed by atoms with Gasteiger partial charge in [-0.3, -0.25) is 5.10 Å². The van der Waals surface area contributed by atoms with Crippen LogP contribution in [0.25, 0.3) is 0 Å². The van der Waals surface area contributed by atoms with E-state index in [1.807, 2.05) is 0 Å². The van der Waals surface area contributed by atoms with Gasteiger partial charge in [-0.05, 0) is 12.1 Å². The van der Waals surface area contributed by atoms with Crippen LogP contribution in [0.1, 0.15) is 5.56 Å². The average molecular weight is 225 g/mol. The van der Waals surface area contributed by atoms with E-state index in [1.165, 1.54) is 0 Å². The molecule has 0 aliphatic rings. The quantitative estimate of drug-likeness (QED) is 0.725. The van der Waals surface area contributed by atoms with Crippen molar-refractivity contribution in [1.29, 1.82) is 0 Å².